The number of ketones is 1. The first-order chi connectivity index (χ1) is 11.1. The lowest BCUT2D eigenvalue weighted by molar-refractivity contribution is -0.128. The Morgan fingerprint density at radius 2 is 1.88 bits per heavy atom. The predicted molar refractivity (Wildman–Crippen MR) is 92.3 cm³/mol. The van der Waals surface area contributed by atoms with Crippen LogP contribution in [0.15, 0.2) is 0 Å². The molecule has 0 aromatic rings. The Kier molecular flexibility index (Phi) is 5.79. The fraction of sp³-hybridized carbons (Fsp3) is 0.941. The molecule has 0 radical (unpaired) electrons. The fourth-order valence-electron chi connectivity index (χ4n) is 4.67. The van der Waals surface area contributed by atoms with Gasteiger partial charge < -0.3 is 10.4 Å². The van der Waals surface area contributed by atoms with Crippen LogP contribution in [0.25, 0.3) is 0 Å². The first-order valence-corrected chi connectivity index (χ1v) is 10.4. The molecule has 3 N–H and O–H groups in total. The molecule has 7 heteroatoms. The lowest BCUT2D eigenvalue weighted by Gasteiger charge is -2.32. The summed E-state index contributed by atoms with van der Waals surface area (Å²) >= 11 is 0. The zero-order chi connectivity index (χ0) is 18.2. The van der Waals surface area contributed by atoms with Gasteiger partial charge in [0.2, 0.25) is 0 Å². The van der Waals surface area contributed by atoms with Crippen LogP contribution in [0.3, 0.4) is 0 Å². The minimum absolute atomic E-state index is 0.231. The quantitative estimate of drug-likeness (QED) is 0.662. The fourth-order valence-corrected chi connectivity index (χ4v) is 6.09. The van der Waals surface area contributed by atoms with Crippen molar-refractivity contribution in [3.63, 3.8) is 0 Å². The van der Waals surface area contributed by atoms with Gasteiger partial charge in [-0.15, -0.1) is 0 Å². The monoisotopic (exact) mass is 361 g/mol. The number of carbonyl (C=O) groups excluding carboxylic acids is 1. The molecule has 6 nitrogen and oxygen atoms in total. The van der Waals surface area contributed by atoms with Gasteiger partial charge in [0.15, 0.2) is 5.78 Å². The maximum absolute atomic E-state index is 12.0. The number of nitrogens with one attached hydrogen (secondary N) is 1. The minimum atomic E-state index is -4.24. The maximum atomic E-state index is 12.0. The molecule has 3 fully saturated rings. The van der Waals surface area contributed by atoms with Crippen LogP contribution in [0.2, 0.25) is 0 Å². The molecule has 2 bridgehead atoms. The molecule has 2 saturated carbocycles. The van der Waals surface area contributed by atoms with E-state index in [1.54, 1.807) is 0 Å². The molecular weight excluding hydrogens is 330 g/mol. The summed E-state index contributed by atoms with van der Waals surface area (Å²) < 4.78 is 31.5. The van der Waals surface area contributed by atoms with Crippen LogP contribution in [-0.2, 0) is 14.9 Å². The molecule has 2 aliphatic carbocycles. The van der Waals surface area contributed by atoms with E-state index < -0.39 is 20.8 Å². The summed E-state index contributed by atoms with van der Waals surface area (Å²) in [7, 11) is -4.24. The van der Waals surface area contributed by atoms with Gasteiger partial charge in [-0.25, -0.2) is 0 Å². The molecule has 140 valence electrons. The van der Waals surface area contributed by atoms with Crippen LogP contribution < -0.4 is 5.32 Å². The summed E-state index contributed by atoms with van der Waals surface area (Å²) in [6.45, 7) is 7.14. The van der Waals surface area contributed by atoms with Crippen molar-refractivity contribution in [2.24, 2.45) is 16.7 Å². The van der Waals surface area contributed by atoms with Gasteiger partial charge in [-0.1, -0.05) is 27.2 Å². The zero-order valence-corrected chi connectivity index (χ0v) is 15.7. The second-order valence-corrected chi connectivity index (χ2v) is 9.70. The number of piperidine rings is 1. The van der Waals surface area contributed by atoms with Crippen molar-refractivity contribution in [1.82, 2.24) is 5.32 Å². The largest absolute Gasteiger partial charge is 0.396 e. The Balaban J connectivity index is 0.000000198. The smallest absolute Gasteiger partial charge is 0.275 e. The standard InChI is InChI=1S/C10H16O4S.C7H15NO/c1-9(2)6-4-5-10(9,3)8(11)7(6)15(12,13)14;9-6-4-7-3-1-2-5-8-7/h6-7H,4-5H2,1-3H3,(H,12,13,14);7-9H,1-6H2. The van der Waals surface area contributed by atoms with E-state index in [0.29, 0.717) is 19.1 Å². The molecule has 3 rings (SSSR count). The lowest BCUT2D eigenvalue weighted by Crippen LogP contribution is -2.38. The molecule has 0 aromatic carbocycles. The number of Topliss-reactive ketones (excluding diaryl/α,β-unsaturated/α-hetero) is 1. The Labute approximate surface area is 145 Å². The van der Waals surface area contributed by atoms with E-state index in [1.807, 2.05) is 20.8 Å². The Hall–Kier alpha value is -0.500. The molecule has 0 amide bonds. The van der Waals surface area contributed by atoms with E-state index in [-0.39, 0.29) is 17.1 Å². The van der Waals surface area contributed by atoms with Gasteiger partial charge >= 0.3 is 0 Å². The van der Waals surface area contributed by atoms with Gasteiger partial charge in [-0.3, -0.25) is 9.35 Å². The number of hydrogen-bond donors (Lipinski definition) is 3. The number of hydrogen-bond acceptors (Lipinski definition) is 5. The van der Waals surface area contributed by atoms with Gasteiger partial charge in [-0.05, 0) is 50.0 Å². The average molecular weight is 362 g/mol. The summed E-state index contributed by atoms with van der Waals surface area (Å²) in [5.41, 5.74) is -0.914. The maximum Gasteiger partial charge on any atom is 0.275 e. The summed E-state index contributed by atoms with van der Waals surface area (Å²) in [5.74, 6) is -0.531. The van der Waals surface area contributed by atoms with Crippen LogP contribution in [-0.4, -0.2) is 48.3 Å². The van der Waals surface area contributed by atoms with Crippen molar-refractivity contribution >= 4 is 15.9 Å². The Morgan fingerprint density at radius 3 is 2.25 bits per heavy atom. The van der Waals surface area contributed by atoms with Crippen molar-refractivity contribution < 1.29 is 22.9 Å². The summed E-state index contributed by atoms with van der Waals surface area (Å²) in [5, 5.41) is 10.7. The number of rotatable bonds is 3. The number of aliphatic hydroxyl groups is 1. The molecule has 1 aliphatic heterocycles. The van der Waals surface area contributed by atoms with Gasteiger partial charge in [0.05, 0.1) is 0 Å². The third-order valence-electron chi connectivity index (χ3n) is 6.68. The van der Waals surface area contributed by atoms with E-state index in [4.69, 9.17) is 9.66 Å². The molecule has 1 saturated heterocycles. The third kappa shape index (κ3) is 3.41. The zero-order valence-electron chi connectivity index (χ0n) is 14.9. The highest BCUT2D eigenvalue weighted by Crippen LogP contribution is 2.64. The van der Waals surface area contributed by atoms with Gasteiger partial charge in [0, 0.05) is 18.1 Å². The molecule has 0 spiro atoms. The number of carbonyl (C=O) groups is 1. The molecule has 3 aliphatic rings. The number of fused-ring (bicyclic) bond motifs is 2. The highest BCUT2D eigenvalue weighted by molar-refractivity contribution is 7.87. The summed E-state index contributed by atoms with van der Waals surface area (Å²) in [4.78, 5) is 12.0. The SMILES string of the molecule is CC12CCC(C(S(=O)(=O)O)C1=O)C2(C)C.OCCC1CCCCN1. The van der Waals surface area contributed by atoms with E-state index in [9.17, 15) is 13.2 Å². The van der Waals surface area contributed by atoms with E-state index >= 15 is 0 Å². The van der Waals surface area contributed by atoms with Gasteiger partial charge in [-0.2, -0.15) is 8.42 Å². The van der Waals surface area contributed by atoms with Crippen molar-refractivity contribution in [2.45, 2.75) is 70.6 Å². The van der Waals surface area contributed by atoms with Crippen molar-refractivity contribution in [1.29, 1.82) is 0 Å². The van der Waals surface area contributed by atoms with Crippen LogP contribution in [0.5, 0.6) is 0 Å². The summed E-state index contributed by atoms with van der Waals surface area (Å²) in [6, 6.07) is 0.601. The average Bonchev–Trinajstić information content (AvgIpc) is 2.80. The van der Waals surface area contributed by atoms with E-state index in [2.05, 4.69) is 5.32 Å². The third-order valence-corrected chi connectivity index (χ3v) is 7.87. The molecule has 4 atom stereocenters. The van der Waals surface area contributed by atoms with E-state index in [1.165, 1.54) is 19.3 Å². The molecule has 0 aromatic heterocycles. The second kappa shape index (κ2) is 7.02. The van der Waals surface area contributed by atoms with Crippen LogP contribution in [0.1, 0.15) is 59.3 Å². The molecule has 1 heterocycles. The lowest BCUT2D eigenvalue weighted by atomic mass is 9.70. The van der Waals surface area contributed by atoms with Gasteiger partial charge in [0.1, 0.15) is 5.25 Å². The first kappa shape index (κ1) is 19.8. The predicted octanol–water partition coefficient (Wildman–Crippen LogP) is 1.78. The topological polar surface area (TPSA) is 104 Å². The van der Waals surface area contributed by atoms with Crippen LogP contribution in [0, 0.1) is 16.7 Å². The van der Waals surface area contributed by atoms with Crippen molar-refractivity contribution in [3.8, 4) is 0 Å². The van der Waals surface area contributed by atoms with Gasteiger partial charge in [0.25, 0.3) is 10.1 Å². The van der Waals surface area contributed by atoms with E-state index in [0.717, 1.165) is 19.4 Å². The Morgan fingerprint density at radius 1 is 1.21 bits per heavy atom. The molecule has 24 heavy (non-hydrogen) atoms. The van der Waals surface area contributed by atoms with Crippen LogP contribution >= 0.6 is 0 Å². The summed E-state index contributed by atoms with van der Waals surface area (Å²) in [6.07, 6.45) is 6.26. The second-order valence-electron chi connectivity index (χ2n) is 8.16. The van der Waals surface area contributed by atoms with Crippen LogP contribution in [0.4, 0.5) is 0 Å². The highest BCUT2D eigenvalue weighted by atomic mass is 32.2. The number of aliphatic hydroxyl groups excluding tert-OH is 1. The molecule has 4 unspecified atom stereocenters. The highest BCUT2D eigenvalue weighted by Gasteiger charge is 2.69. The van der Waals surface area contributed by atoms with Crippen molar-refractivity contribution in [2.75, 3.05) is 13.2 Å². The minimum Gasteiger partial charge on any atom is -0.396 e. The normalized spacial score (nSPS) is 37.9. The van der Waals surface area contributed by atoms with Crippen molar-refractivity contribution in [3.05, 3.63) is 0 Å². The first-order valence-electron chi connectivity index (χ1n) is 8.90. The molecular formula is C17H31NO5S. The Bertz CT molecular complexity index is 565.